The largest absolute Gasteiger partial charge is 0.376 e. The molecule has 0 spiro atoms. The number of aromatic nitrogens is 2. The molecule has 4 heteroatoms. The van der Waals surface area contributed by atoms with Crippen LogP contribution in [-0.4, -0.2) is 16.8 Å². The van der Waals surface area contributed by atoms with Gasteiger partial charge in [0.25, 0.3) is 0 Å². The van der Waals surface area contributed by atoms with Crippen LogP contribution >= 0.6 is 0 Å². The van der Waals surface area contributed by atoms with Gasteiger partial charge in [-0.3, -0.25) is 0 Å². The molecule has 39 heavy (non-hydrogen) atoms. The molecule has 186 valence electrons. The fraction of sp³-hybridized carbons (Fsp3) is 0.0286. The number of hydrogen-bond acceptors (Lipinski definition) is 3. The third kappa shape index (κ3) is 4.40. The predicted octanol–water partition coefficient (Wildman–Crippen LogP) is 6.91. The summed E-state index contributed by atoms with van der Waals surface area (Å²) in [7, 11) is 0. The van der Waals surface area contributed by atoms with Crippen LogP contribution in [0.2, 0.25) is 0 Å². The molecule has 0 unspecified atom stereocenters. The molecule has 0 aliphatic carbocycles. The van der Waals surface area contributed by atoms with Crippen molar-refractivity contribution in [2.75, 3.05) is 4.81 Å². The maximum atomic E-state index is 4.58. The van der Waals surface area contributed by atoms with Crippen LogP contribution in [-0.2, 0) is 0 Å². The van der Waals surface area contributed by atoms with E-state index in [0.717, 1.165) is 28.1 Å². The van der Waals surface area contributed by atoms with Crippen molar-refractivity contribution in [2.24, 2.45) is 0 Å². The van der Waals surface area contributed by atoms with E-state index in [1.165, 1.54) is 22.1 Å². The molecule has 0 saturated heterocycles. The van der Waals surface area contributed by atoms with Crippen LogP contribution in [0.4, 0.5) is 5.69 Å². The Morgan fingerprint density at radius 2 is 1.36 bits per heavy atom. The second kappa shape index (κ2) is 10.8. The molecular formula is C35H28BN3. The lowest BCUT2D eigenvalue weighted by molar-refractivity contribution is 1.17. The highest BCUT2D eigenvalue weighted by Crippen LogP contribution is 2.40. The minimum Gasteiger partial charge on any atom is -0.376 e. The first-order valence-electron chi connectivity index (χ1n) is 13.2. The van der Waals surface area contributed by atoms with Gasteiger partial charge in [-0.2, -0.15) is 0 Å². The summed E-state index contributed by atoms with van der Waals surface area (Å²) in [5.41, 5.74) is 10.2. The van der Waals surface area contributed by atoms with Crippen molar-refractivity contribution in [3.63, 3.8) is 0 Å². The SMILES string of the molecule is C=C/C(=C(\C=C/C)c1ccccc1-c1ncccn1)N1B(c2ccccc2)c2ccccc2-c2ccccc21. The molecule has 2 heterocycles. The van der Waals surface area contributed by atoms with Crippen molar-refractivity contribution in [3.8, 4) is 22.5 Å². The van der Waals surface area contributed by atoms with Gasteiger partial charge in [0, 0.05) is 40.5 Å². The van der Waals surface area contributed by atoms with E-state index in [0.29, 0.717) is 5.82 Å². The van der Waals surface area contributed by atoms with Gasteiger partial charge in [-0.1, -0.05) is 121 Å². The van der Waals surface area contributed by atoms with Crippen LogP contribution in [0.5, 0.6) is 0 Å². The molecule has 1 aliphatic heterocycles. The first-order chi connectivity index (χ1) is 19.3. The smallest absolute Gasteiger partial charge is 0.328 e. The van der Waals surface area contributed by atoms with Crippen molar-refractivity contribution in [3.05, 3.63) is 158 Å². The van der Waals surface area contributed by atoms with Gasteiger partial charge in [-0.05, 0) is 41.7 Å². The normalized spacial score (nSPS) is 13.1. The van der Waals surface area contributed by atoms with E-state index in [2.05, 4.69) is 137 Å². The van der Waals surface area contributed by atoms with Crippen LogP contribution < -0.4 is 15.7 Å². The molecule has 0 saturated carbocycles. The van der Waals surface area contributed by atoms with Crippen LogP contribution in [0.3, 0.4) is 0 Å². The maximum absolute atomic E-state index is 4.58. The fourth-order valence-electron chi connectivity index (χ4n) is 5.57. The van der Waals surface area contributed by atoms with E-state index in [1.807, 2.05) is 18.2 Å². The molecule has 5 aromatic rings. The van der Waals surface area contributed by atoms with Gasteiger partial charge < -0.3 is 4.81 Å². The van der Waals surface area contributed by atoms with Crippen LogP contribution in [0.25, 0.3) is 28.1 Å². The zero-order valence-corrected chi connectivity index (χ0v) is 21.9. The second-order valence-corrected chi connectivity index (χ2v) is 9.41. The summed E-state index contributed by atoms with van der Waals surface area (Å²) in [5, 5.41) is 0. The summed E-state index contributed by atoms with van der Waals surface area (Å²) < 4.78 is 0. The lowest BCUT2D eigenvalue weighted by atomic mass is 9.45. The molecule has 1 aliphatic rings. The Labute approximate surface area is 230 Å². The Bertz CT molecular complexity index is 1690. The van der Waals surface area contributed by atoms with Gasteiger partial charge in [0.1, 0.15) is 0 Å². The zero-order chi connectivity index (χ0) is 26.6. The maximum Gasteiger partial charge on any atom is 0.328 e. The van der Waals surface area contributed by atoms with E-state index in [-0.39, 0.29) is 6.85 Å². The van der Waals surface area contributed by atoms with E-state index < -0.39 is 0 Å². The van der Waals surface area contributed by atoms with Crippen molar-refractivity contribution < 1.29 is 0 Å². The van der Waals surface area contributed by atoms with Gasteiger partial charge in [0.05, 0.1) is 0 Å². The Morgan fingerprint density at radius 3 is 2.10 bits per heavy atom. The van der Waals surface area contributed by atoms with Crippen molar-refractivity contribution in [1.29, 1.82) is 0 Å². The summed E-state index contributed by atoms with van der Waals surface area (Å²) in [6.45, 7) is 6.38. The monoisotopic (exact) mass is 501 g/mol. The van der Waals surface area contributed by atoms with Crippen molar-refractivity contribution in [1.82, 2.24) is 9.97 Å². The first-order valence-corrected chi connectivity index (χ1v) is 13.2. The lowest BCUT2D eigenvalue weighted by Gasteiger charge is -2.40. The number of benzene rings is 4. The van der Waals surface area contributed by atoms with E-state index in [4.69, 9.17) is 0 Å². The highest BCUT2D eigenvalue weighted by Gasteiger charge is 2.37. The van der Waals surface area contributed by atoms with Crippen molar-refractivity contribution >= 4 is 29.0 Å². The van der Waals surface area contributed by atoms with Gasteiger partial charge >= 0.3 is 6.85 Å². The summed E-state index contributed by atoms with van der Waals surface area (Å²) in [5.74, 6) is 0.697. The summed E-state index contributed by atoms with van der Waals surface area (Å²) in [6, 6.07) is 38.3. The topological polar surface area (TPSA) is 29.0 Å². The molecule has 3 nitrogen and oxygen atoms in total. The Morgan fingerprint density at radius 1 is 0.718 bits per heavy atom. The molecule has 0 radical (unpaired) electrons. The quantitative estimate of drug-likeness (QED) is 0.187. The highest BCUT2D eigenvalue weighted by atomic mass is 15.1. The summed E-state index contributed by atoms with van der Waals surface area (Å²) >= 11 is 0. The number of anilines is 1. The van der Waals surface area contributed by atoms with Gasteiger partial charge in [-0.25, -0.2) is 9.97 Å². The average molecular weight is 501 g/mol. The van der Waals surface area contributed by atoms with Crippen molar-refractivity contribution in [2.45, 2.75) is 6.92 Å². The number of rotatable bonds is 6. The fourth-order valence-corrected chi connectivity index (χ4v) is 5.57. The summed E-state index contributed by atoms with van der Waals surface area (Å²) in [4.78, 5) is 11.6. The van der Waals surface area contributed by atoms with E-state index >= 15 is 0 Å². The molecule has 0 bridgehead atoms. The van der Waals surface area contributed by atoms with Crippen LogP contribution in [0, 0.1) is 0 Å². The van der Waals surface area contributed by atoms with Gasteiger partial charge in [0.15, 0.2) is 5.82 Å². The lowest BCUT2D eigenvalue weighted by Crippen LogP contribution is -2.58. The Kier molecular flexibility index (Phi) is 6.75. The van der Waals surface area contributed by atoms with Gasteiger partial charge in [-0.15, -0.1) is 0 Å². The number of para-hydroxylation sites is 1. The van der Waals surface area contributed by atoms with Gasteiger partial charge in [0.2, 0.25) is 0 Å². The minimum absolute atomic E-state index is 0.0364. The second-order valence-electron chi connectivity index (χ2n) is 9.41. The molecule has 4 aromatic carbocycles. The Hall–Kier alpha value is -4.96. The van der Waals surface area contributed by atoms with Crippen LogP contribution in [0.1, 0.15) is 12.5 Å². The molecule has 0 atom stereocenters. The van der Waals surface area contributed by atoms with Crippen LogP contribution in [0.15, 0.2) is 152 Å². The third-order valence-corrected chi connectivity index (χ3v) is 7.17. The first kappa shape index (κ1) is 24.4. The Balaban J connectivity index is 1.68. The van der Waals surface area contributed by atoms with E-state index in [1.54, 1.807) is 12.4 Å². The number of fused-ring (bicyclic) bond motifs is 3. The highest BCUT2D eigenvalue weighted by molar-refractivity contribution is 6.90. The summed E-state index contributed by atoms with van der Waals surface area (Å²) in [6.07, 6.45) is 9.82. The number of hydrogen-bond donors (Lipinski definition) is 0. The number of allylic oxidation sites excluding steroid dienone is 4. The minimum atomic E-state index is -0.0364. The molecular weight excluding hydrogens is 473 g/mol. The molecule has 6 rings (SSSR count). The van der Waals surface area contributed by atoms with E-state index in [9.17, 15) is 0 Å². The molecule has 0 fully saturated rings. The molecule has 1 aromatic heterocycles. The number of nitrogens with zero attached hydrogens (tertiary/aromatic N) is 3. The predicted molar refractivity (Wildman–Crippen MR) is 165 cm³/mol. The average Bonchev–Trinajstić information content (AvgIpc) is 3.02. The third-order valence-electron chi connectivity index (χ3n) is 7.17. The molecule has 0 N–H and O–H groups in total. The zero-order valence-electron chi connectivity index (χ0n) is 21.9. The standard InChI is InChI=1S/C35H28BN3/c1-3-15-29(27-18-8-9-21-31(27)35-37-24-14-25-38-35)33(4-2)39-34-23-13-11-20-30(34)28-19-10-12-22-32(28)36(39)26-16-6-5-7-17-26/h3-25H,2H2,1H3/b15-3-,33-29-. The molecule has 0 amide bonds.